The molecule has 0 radical (unpaired) electrons. The number of fused-ring (bicyclic) bond motifs is 2. The molecule has 224 valence electrons. The highest BCUT2D eigenvalue weighted by molar-refractivity contribution is 5.98. The molecule has 0 saturated heterocycles. The number of phenols is 1. The number of pyridine rings is 1. The quantitative estimate of drug-likeness (QED) is 0.258. The summed E-state index contributed by atoms with van der Waals surface area (Å²) in [5.41, 5.74) is -0.277. The van der Waals surface area contributed by atoms with Gasteiger partial charge in [0.25, 0.3) is 0 Å². The van der Waals surface area contributed by atoms with E-state index in [1.807, 2.05) is 13.0 Å². The molecule has 0 amide bonds. The van der Waals surface area contributed by atoms with Gasteiger partial charge in [-0.15, -0.1) is 0 Å². The first kappa shape index (κ1) is 29.0. The molecule has 0 spiro atoms. The van der Waals surface area contributed by atoms with Crippen LogP contribution in [0.4, 0.5) is 13.2 Å². The van der Waals surface area contributed by atoms with E-state index in [1.54, 1.807) is 30.3 Å². The number of halogens is 3. The van der Waals surface area contributed by atoms with E-state index in [0.717, 1.165) is 23.8 Å². The van der Waals surface area contributed by atoms with Gasteiger partial charge in [0.15, 0.2) is 0 Å². The summed E-state index contributed by atoms with van der Waals surface area (Å²) >= 11 is 0. The van der Waals surface area contributed by atoms with Crippen LogP contribution in [-0.2, 0) is 4.74 Å². The number of benzene rings is 3. The fraction of sp³-hybridized carbons (Fsp3) is 0.371. The summed E-state index contributed by atoms with van der Waals surface area (Å²) in [5, 5.41) is 11.2. The molecule has 2 heterocycles. The summed E-state index contributed by atoms with van der Waals surface area (Å²) in [7, 11) is 0. The summed E-state index contributed by atoms with van der Waals surface area (Å²) < 4.78 is 57.0. The van der Waals surface area contributed by atoms with Crippen molar-refractivity contribution in [3.05, 3.63) is 83.2 Å². The number of aryl methyl sites for hydroxylation is 1. The van der Waals surface area contributed by atoms with Crippen molar-refractivity contribution >= 4 is 16.8 Å². The van der Waals surface area contributed by atoms with Crippen LogP contribution in [0.5, 0.6) is 17.4 Å². The number of hydrogen-bond acceptors (Lipinski definition) is 5. The van der Waals surface area contributed by atoms with Gasteiger partial charge in [-0.2, -0.15) is 0 Å². The van der Waals surface area contributed by atoms with Gasteiger partial charge in [0.05, 0.1) is 5.56 Å². The Hall–Kier alpha value is -4.07. The fourth-order valence-electron chi connectivity index (χ4n) is 7.78. The average molecular weight is 589 g/mol. The van der Waals surface area contributed by atoms with Gasteiger partial charge < -0.3 is 14.6 Å². The molecule has 1 aliphatic carbocycles. The van der Waals surface area contributed by atoms with Crippen LogP contribution in [0.3, 0.4) is 0 Å². The zero-order valence-electron chi connectivity index (χ0n) is 25.4. The first-order chi connectivity index (χ1) is 20.0. The van der Waals surface area contributed by atoms with E-state index in [1.165, 1.54) is 6.07 Å². The topological polar surface area (TPSA) is 63.9 Å². The Morgan fingerprint density at radius 2 is 1.56 bits per heavy atom. The van der Waals surface area contributed by atoms with Crippen LogP contribution in [-0.4, -0.2) is 27.1 Å². The number of ether oxygens (including phenoxy) is 2. The predicted molar refractivity (Wildman–Crippen MR) is 161 cm³/mol. The van der Waals surface area contributed by atoms with Crippen LogP contribution < -0.4 is 4.74 Å². The maximum absolute atomic E-state index is 15.1. The van der Waals surface area contributed by atoms with Gasteiger partial charge in [0.2, 0.25) is 11.8 Å². The van der Waals surface area contributed by atoms with E-state index >= 15 is 8.78 Å². The minimum absolute atomic E-state index is 0.00827. The third kappa shape index (κ3) is 4.45. The fourth-order valence-corrected chi connectivity index (χ4v) is 7.78. The van der Waals surface area contributed by atoms with Crippen molar-refractivity contribution in [3.8, 4) is 28.5 Å². The highest BCUT2D eigenvalue weighted by Gasteiger charge is 2.72. The van der Waals surface area contributed by atoms with Crippen LogP contribution in [0.15, 0.2) is 59.6 Å². The molecule has 3 aromatic carbocycles. The third-order valence-corrected chi connectivity index (χ3v) is 9.17. The summed E-state index contributed by atoms with van der Waals surface area (Å²) in [6.07, 6.45) is 1.74. The minimum atomic E-state index is -1.05. The molecule has 4 aromatic rings. The molecular weight excluding hydrogens is 553 g/mol. The zero-order valence-corrected chi connectivity index (χ0v) is 25.4. The van der Waals surface area contributed by atoms with Crippen molar-refractivity contribution in [2.45, 2.75) is 72.4 Å². The van der Waals surface area contributed by atoms with Crippen LogP contribution >= 0.6 is 0 Å². The Kier molecular flexibility index (Phi) is 6.39. The molecule has 6 rings (SSSR count). The maximum atomic E-state index is 15.1. The lowest BCUT2D eigenvalue weighted by molar-refractivity contribution is -0.127. The molecule has 1 N–H and O–H groups in total. The molecule has 43 heavy (non-hydrogen) atoms. The maximum Gasteiger partial charge on any atom is 0.219 e. The lowest BCUT2D eigenvalue weighted by Crippen LogP contribution is -2.61. The van der Waals surface area contributed by atoms with E-state index < -0.39 is 34.2 Å². The SMILES string of the molecule is Cc1cc(O)c2nc(Oc3cc(C4=N[C@@]5(C)CCC(C)(C)[C@@]5(C(C)(C)C)O4)cc(-c4c(F)cc(F)cc4F)c3)ccc2c1. The van der Waals surface area contributed by atoms with Gasteiger partial charge >= 0.3 is 0 Å². The van der Waals surface area contributed by atoms with Crippen LogP contribution in [0.25, 0.3) is 22.0 Å². The van der Waals surface area contributed by atoms with Crippen LogP contribution in [0.2, 0.25) is 0 Å². The first-order valence-corrected chi connectivity index (χ1v) is 14.4. The minimum Gasteiger partial charge on any atom is -0.506 e. The molecule has 2 aliphatic rings. The lowest BCUT2D eigenvalue weighted by Gasteiger charge is -2.52. The van der Waals surface area contributed by atoms with Gasteiger partial charge in [-0.1, -0.05) is 34.6 Å². The molecule has 5 nitrogen and oxygen atoms in total. The van der Waals surface area contributed by atoms with E-state index in [9.17, 15) is 9.50 Å². The summed E-state index contributed by atoms with van der Waals surface area (Å²) in [6, 6.07) is 13.0. The largest absolute Gasteiger partial charge is 0.506 e. The molecule has 1 aliphatic heterocycles. The Bertz CT molecular complexity index is 1800. The monoisotopic (exact) mass is 588 g/mol. The Morgan fingerprint density at radius 3 is 2.21 bits per heavy atom. The number of aliphatic imine (C=N–C) groups is 1. The number of rotatable bonds is 4. The van der Waals surface area contributed by atoms with Crippen molar-refractivity contribution in [3.63, 3.8) is 0 Å². The van der Waals surface area contributed by atoms with E-state index in [0.29, 0.717) is 29.1 Å². The summed E-state index contributed by atoms with van der Waals surface area (Å²) in [4.78, 5) is 9.61. The van der Waals surface area contributed by atoms with Crippen molar-refractivity contribution in [2.75, 3.05) is 0 Å². The predicted octanol–water partition coefficient (Wildman–Crippen LogP) is 9.27. The zero-order chi connectivity index (χ0) is 31.1. The highest BCUT2D eigenvalue weighted by atomic mass is 19.1. The Balaban J connectivity index is 1.50. The molecule has 0 unspecified atom stereocenters. The van der Waals surface area contributed by atoms with Gasteiger partial charge in [0, 0.05) is 40.0 Å². The van der Waals surface area contributed by atoms with E-state index in [4.69, 9.17) is 14.5 Å². The Morgan fingerprint density at radius 1 is 0.884 bits per heavy atom. The van der Waals surface area contributed by atoms with E-state index in [-0.39, 0.29) is 33.8 Å². The smallest absolute Gasteiger partial charge is 0.219 e. The van der Waals surface area contributed by atoms with Crippen molar-refractivity contribution in [2.24, 2.45) is 15.8 Å². The molecule has 1 fully saturated rings. The molecule has 1 aromatic heterocycles. The second kappa shape index (κ2) is 9.46. The number of hydrogen-bond donors (Lipinski definition) is 1. The van der Waals surface area contributed by atoms with Gasteiger partial charge in [-0.25, -0.2) is 23.1 Å². The van der Waals surface area contributed by atoms with E-state index in [2.05, 4.69) is 46.5 Å². The lowest BCUT2D eigenvalue weighted by atomic mass is 9.58. The average Bonchev–Trinajstić information content (AvgIpc) is 3.32. The highest BCUT2D eigenvalue weighted by Crippen LogP contribution is 2.65. The number of aromatic hydroxyl groups is 1. The normalized spacial score (nSPS) is 22.8. The molecule has 0 bridgehead atoms. The van der Waals surface area contributed by atoms with Crippen molar-refractivity contribution in [1.82, 2.24) is 4.98 Å². The molecule has 2 atom stereocenters. The number of nitrogens with zero attached hydrogens (tertiary/aromatic N) is 2. The number of aromatic nitrogens is 1. The second-order valence-corrected chi connectivity index (χ2v) is 13.7. The standard InChI is InChI=1S/C35H35F3N2O3/c1-19-12-20-8-9-28(39-30(20)27(41)13-19)42-24-15-21(29-25(37)17-23(36)18-26(29)38)14-22(16-24)31-40-34(7)11-10-33(5,6)35(34,43-31)32(2,3)4/h8-9,12-18,41H,10-11H2,1-7H3/t34-,35+/m0/s1. The van der Waals surface area contributed by atoms with Crippen LogP contribution in [0.1, 0.15) is 65.5 Å². The van der Waals surface area contributed by atoms with Crippen LogP contribution in [0, 0.1) is 35.2 Å². The first-order valence-electron chi connectivity index (χ1n) is 14.4. The second-order valence-electron chi connectivity index (χ2n) is 13.7. The molecule has 1 saturated carbocycles. The van der Waals surface area contributed by atoms with Crippen molar-refractivity contribution in [1.29, 1.82) is 0 Å². The molecular formula is C35H35F3N2O3. The van der Waals surface area contributed by atoms with Gasteiger partial charge in [-0.3, -0.25) is 0 Å². The van der Waals surface area contributed by atoms with Crippen molar-refractivity contribution < 1.29 is 27.8 Å². The third-order valence-electron chi connectivity index (χ3n) is 9.17. The Labute approximate surface area is 249 Å². The molecule has 8 heteroatoms. The number of phenolic OH excluding ortho intramolecular Hbond substituents is 1. The summed E-state index contributed by atoms with van der Waals surface area (Å²) in [5.74, 6) is -2.37. The summed E-state index contributed by atoms with van der Waals surface area (Å²) in [6.45, 7) is 14.8. The van der Waals surface area contributed by atoms with Gasteiger partial charge in [0.1, 0.15) is 45.6 Å². The van der Waals surface area contributed by atoms with Gasteiger partial charge in [-0.05, 0) is 74.2 Å².